The van der Waals surface area contributed by atoms with Crippen LogP contribution in [0.1, 0.15) is 46.6 Å². The number of sulfonamides is 1. The summed E-state index contributed by atoms with van der Waals surface area (Å²) in [6.07, 6.45) is 2.44. The molecule has 3 aromatic rings. The first-order chi connectivity index (χ1) is 16.2. The number of carbonyl (C=O) groups excluding carboxylic acids is 2. The maximum Gasteiger partial charge on any atom is 0.317 e. The Bertz CT molecular complexity index is 1280. The summed E-state index contributed by atoms with van der Waals surface area (Å²) >= 11 is 0. The topological polar surface area (TPSA) is 138 Å². The van der Waals surface area contributed by atoms with Crippen LogP contribution in [0.3, 0.4) is 0 Å². The zero-order valence-electron chi connectivity index (χ0n) is 18.9. The fraction of sp³-hybridized carbons (Fsp3) is 0.348. The highest BCUT2D eigenvalue weighted by Gasteiger charge is 2.38. The van der Waals surface area contributed by atoms with E-state index in [0.717, 1.165) is 26.4 Å². The number of hydrogen-bond donors (Lipinski definition) is 1. The van der Waals surface area contributed by atoms with Crippen LogP contribution in [0, 0.1) is 5.92 Å². The molecule has 0 radical (unpaired) electrons. The number of rotatable bonds is 7. The number of carbonyl (C=O) groups is 2. The highest BCUT2D eigenvalue weighted by Crippen LogP contribution is 2.35. The summed E-state index contributed by atoms with van der Waals surface area (Å²) in [5.74, 6) is -1.28. The molecule has 11 heteroatoms. The van der Waals surface area contributed by atoms with Crippen molar-refractivity contribution in [3.05, 3.63) is 71.3 Å². The van der Waals surface area contributed by atoms with Crippen LogP contribution < -0.4 is 10.5 Å². The number of benzene rings is 1. The van der Waals surface area contributed by atoms with Crippen molar-refractivity contribution in [3.8, 4) is 5.88 Å². The van der Waals surface area contributed by atoms with Crippen LogP contribution in [0.5, 0.6) is 5.88 Å². The Kier molecular flexibility index (Phi) is 6.58. The number of amides is 1. The van der Waals surface area contributed by atoms with Gasteiger partial charge in [0.15, 0.2) is 5.76 Å². The Hall–Kier alpha value is -3.44. The van der Waals surface area contributed by atoms with Gasteiger partial charge in [-0.15, -0.1) is 0 Å². The molecule has 2 N–H and O–H groups in total. The largest absolute Gasteiger partial charge is 0.473 e. The molecular weight excluding hydrogens is 460 g/mol. The number of nitrogens with zero attached hydrogens (tertiary/aromatic N) is 3. The van der Waals surface area contributed by atoms with E-state index >= 15 is 0 Å². The molecule has 0 bridgehead atoms. The number of piperidine rings is 1. The van der Waals surface area contributed by atoms with Crippen molar-refractivity contribution in [1.29, 1.82) is 0 Å². The van der Waals surface area contributed by atoms with E-state index in [4.69, 9.17) is 14.9 Å². The van der Waals surface area contributed by atoms with Gasteiger partial charge >= 0.3 is 5.91 Å². The Morgan fingerprint density at radius 2 is 1.94 bits per heavy atom. The quantitative estimate of drug-likeness (QED) is 0.536. The lowest BCUT2D eigenvalue weighted by Gasteiger charge is -2.34. The van der Waals surface area contributed by atoms with Gasteiger partial charge in [0.05, 0.1) is 18.2 Å². The lowest BCUT2D eigenvalue weighted by molar-refractivity contribution is -0.130. The summed E-state index contributed by atoms with van der Waals surface area (Å²) in [5, 5.41) is 4.45. The fourth-order valence-electron chi connectivity index (χ4n) is 3.93. The summed E-state index contributed by atoms with van der Waals surface area (Å²) in [6.45, 7) is 2.41. The second-order valence-corrected chi connectivity index (χ2v) is 10.3. The van der Waals surface area contributed by atoms with Gasteiger partial charge in [-0.25, -0.2) is 12.7 Å². The Morgan fingerprint density at radius 3 is 2.56 bits per heavy atom. The highest BCUT2D eigenvalue weighted by molar-refractivity contribution is 7.88. The van der Waals surface area contributed by atoms with Gasteiger partial charge in [-0.2, -0.15) is 9.78 Å². The minimum Gasteiger partial charge on any atom is -0.473 e. The molecule has 0 saturated carbocycles. The zero-order chi connectivity index (χ0) is 24.5. The van der Waals surface area contributed by atoms with E-state index in [-0.39, 0.29) is 37.1 Å². The molecule has 2 aromatic heterocycles. The van der Waals surface area contributed by atoms with Crippen molar-refractivity contribution >= 4 is 21.8 Å². The molecule has 2 atom stereocenters. The summed E-state index contributed by atoms with van der Waals surface area (Å²) in [5.41, 5.74) is 7.96. The monoisotopic (exact) mass is 486 g/mol. The van der Waals surface area contributed by atoms with Crippen molar-refractivity contribution in [1.82, 2.24) is 14.1 Å². The van der Waals surface area contributed by atoms with Crippen LogP contribution in [0.15, 0.2) is 53.1 Å². The van der Waals surface area contributed by atoms with Gasteiger partial charge < -0.3 is 14.9 Å². The average molecular weight is 487 g/mol. The standard InChI is InChI=1S/C23H26N4O6S/c1-15-10-21(28)26(34(2,30)31)13-18(15)19-11-22(27(25-19)23(29)20-4-3-9-32-20)33-14-17-7-5-16(12-24)6-8-17/h3-9,11,15,18H,10,12-14,24H2,1-2H3. The normalized spacial score (nSPS) is 18.8. The Balaban J connectivity index is 1.65. The number of hydrogen-bond acceptors (Lipinski definition) is 8. The first kappa shape index (κ1) is 23.7. The van der Waals surface area contributed by atoms with Crippen LogP contribution in [0.4, 0.5) is 0 Å². The van der Waals surface area contributed by atoms with Crippen LogP contribution >= 0.6 is 0 Å². The van der Waals surface area contributed by atoms with E-state index in [0.29, 0.717) is 12.2 Å². The molecule has 1 aliphatic heterocycles. The third-order valence-corrected chi connectivity index (χ3v) is 7.02. The van der Waals surface area contributed by atoms with E-state index in [9.17, 15) is 18.0 Å². The first-order valence-electron chi connectivity index (χ1n) is 10.8. The highest BCUT2D eigenvalue weighted by atomic mass is 32.2. The second-order valence-electron chi connectivity index (χ2n) is 8.39. The van der Waals surface area contributed by atoms with Crippen molar-refractivity contribution in [2.75, 3.05) is 12.8 Å². The van der Waals surface area contributed by atoms with E-state index in [1.54, 1.807) is 12.1 Å². The van der Waals surface area contributed by atoms with Crippen LogP contribution in [0.25, 0.3) is 0 Å². The molecule has 0 aliphatic carbocycles. The van der Waals surface area contributed by atoms with Gasteiger partial charge in [0.1, 0.15) is 6.61 Å². The predicted molar refractivity (Wildman–Crippen MR) is 122 cm³/mol. The average Bonchev–Trinajstić information content (AvgIpc) is 3.47. The minimum absolute atomic E-state index is 0.0508. The molecule has 3 heterocycles. The number of nitrogens with two attached hydrogens (primary N) is 1. The van der Waals surface area contributed by atoms with E-state index in [1.807, 2.05) is 31.2 Å². The van der Waals surface area contributed by atoms with Crippen molar-refractivity contribution < 1.29 is 27.2 Å². The summed E-state index contributed by atoms with van der Waals surface area (Å²) < 4.78 is 37.4. The fourth-order valence-corrected chi connectivity index (χ4v) is 4.81. The lowest BCUT2D eigenvalue weighted by atomic mass is 9.85. The summed E-state index contributed by atoms with van der Waals surface area (Å²) in [7, 11) is -3.72. The van der Waals surface area contributed by atoms with E-state index in [2.05, 4.69) is 5.10 Å². The van der Waals surface area contributed by atoms with E-state index in [1.165, 1.54) is 12.3 Å². The van der Waals surface area contributed by atoms with Crippen molar-refractivity contribution in [3.63, 3.8) is 0 Å². The van der Waals surface area contributed by atoms with Gasteiger partial charge in [0, 0.05) is 31.5 Å². The van der Waals surface area contributed by atoms with Gasteiger partial charge in [-0.3, -0.25) is 9.59 Å². The molecule has 34 heavy (non-hydrogen) atoms. The Morgan fingerprint density at radius 1 is 1.24 bits per heavy atom. The molecular formula is C23H26N4O6S. The third-order valence-electron chi connectivity index (χ3n) is 5.87. The van der Waals surface area contributed by atoms with Crippen LogP contribution in [0.2, 0.25) is 0 Å². The molecule has 2 unspecified atom stereocenters. The number of furan rings is 1. The number of aromatic nitrogens is 2. The molecule has 10 nitrogen and oxygen atoms in total. The van der Waals surface area contributed by atoms with Gasteiger partial charge in [0.25, 0.3) is 0 Å². The molecule has 4 rings (SSSR count). The molecule has 1 fully saturated rings. The number of ether oxygens (including phenoxy) is 1. The van der Waals surface area contributed by atoms with Crippen LogP contribution in [-0.4, -0.2) is 47.1 Å². The van der Waals surface area contributed by atoms with Gasteiger partial charge in [-0.1, -0.05) is 31.2 Å². The smallest absolute Gasteiger partial charge is 0.317 e. The lowest BCUT2D eigenvalue weighted by Crippen LogP contribution is -2.45. The summed E-state index contributed by atoms with van der Waals surface area (Å²) in [6, 6.07) is 12.3. The molecule has 0 spiro atoms. The van der Waals surface area contributed by atoms with E-state index < -0.39 is 27.8 Å². The molecule has 1 aliphatic rings. The van der Waals surface area contributed by atoms with Gasteiger partial charge in [-0.05, 0) is 29.2 Å². The third kappa shape index (κ3) is 4.90. The van der Waals surface area contributed by atoms with Crippen LogP contribution in [-0.2, 0) is 28.0 Å². The van der Waals surface area contributed by atoms with Crippen molar-refractivity contribution in [2.45, 2.75) is 32.4 Å². The Labute approximate surface area is 197 Å². The molecule has 180 valence electrons. The first-order valence-corrected chi connectivity index (χ1v) is 12.6. The maximum atomic E-state index is 13.0. The summed E-state index contributed by atoms with van der Waals surface area (Å²) in [4.78, 5) is 25.3. The molecule has 1 amide bonds. The second kappa shape index (κ2) is 9.43. The SMILES string of the molecule is CC1CC(=O)N(S(C)(=O)=O)CC1c1cc(OCc2ccc(CN)cc2)n(C(=O)c2ccco2)n1. The zero-order valence-corrected chi connectivity index (χ0v) is 19.7. The van der Waals surface area contributed by atoms with Gasteiger partial charge in [0.2, 0.25) is 21.8 Å². The molecule has 1 saturated heterocycles. The molecule has 1 aromatic carbocycles. The maximum absolute atomic E-state index is 13.0. The van der Waals surface area contributed by atoms with Crippen molar-refractivity contribution in [2.24, 2.45) is 11.7 Å². The predicted octanol–water partition coefficient (Wildman–Crippen LogP) is 2.11. The minimum atomic E-state index is -3.72.